The normalized spacial score (nSPS) is 20.9. The number of aryl methyl sites for hydroxylation is 1. The van der Waals surface area contributed by atoms with Gasteiger partial charge in [0.2, 0.25) is 0 Å². The predicted octanol–water partition coefficient (Wildman–Crippen LogP) is 3.81. The number of hydrogen-bond acceptors (Lipinski definition) is 2. The molecule has 1 aliphatic heterocycles. The maximum Gasteiger partial charge on any atom is 0.150 e. The molecule has 0 spiro atoms. The summed E-state index contributed by atoms with van der Waals surface area (Å²) in [5.41, 5.74) is 2.39. The minimum absolute atomic E-state index is 0.107. The Bertz CT molecular complexity index is 544. The Hall–Kier alpha value is -0.870. The van der Waals surface area contributed by atoms with Crippen molar-refractivity contribution in [3.05, 3.63) is 28.4 Å². The third-order valence-corrected chi connectivity index (χ3v) is 4.39. The van der Waals surface area contributed by atoms with Gasteiger partial charge in [-0.05, 0) is 53.7 Å². The maximum atomic E-state index is 5.79. The molecule has 3 rings (SSSR count). The Morgan fingerprint density at radius 2 is 2.29 bits per heavy atom. The van der Waals surface area contributed by atoms with Crippen LogP contribution in [-0.4, -0.2) is 16.4 Å². The van der Waals surface area contributed by atoms with Crippen LogP contribution in [0.2, 0.25) is 0 Å². The third kappa shape index (κ3) is 1.89. The minimum Gasteiger partial charge on any atom is -0.356 e. The van der Waals surface area contributed by atoms with Crippen molar-refractivity contribution in [2.45, 2.75) is 32.4 Å². The smallest absolute Gasteiger partial charge is 0.150 e. The molecule has 2 aromatic rings. The number of nitrogens with zero attached hydrogens (tertiary/aromatic N) is 2. The molecule has 1 aromatic carbocycles. The average molecular weight is 295 g/mol. The number of ether oxygens (including phenoxy) is 1. The summed E-state index contributed by atoms with van der Waals surface area (Å²) in [6.45, 7) is 2.94. The van der Waals surface area contributed by atoms with Gasteiger partial charge in [0.15, 0.2) is 6.23 Å². The highest BCUT2D eigenvalue weighted by Crippen LogP contribution is 2.31. The standard InChI is InChI=1S/C13H15BrN2O/c1-9-5-6-11-10(13(9)14)8-15-16(11)12-4-2-3-7-17-12/h5-6,8,12H,2-4,7H2,1H3. The van der Waals surface area contributed by atoms with Crippen LogP contribution in [0.4, 0.5) is 0 Å². The summed E-state index contributed by atoms with van der Waals surface area (Å²) < 4.78 is 8.93. The molecule has 3 nitrogen and oxygen atoms in total. The van der Waals surface area contributed by atoms with Crippen LogP contribution in [0, 0.1) is 6.92 Å². The van der Waals surface area contributed by atoms with E-state index in [1.807, 2.05) is 10.9 Å². The summed E-state index contributed by atoms with van der Waals surface area (Å²) in [6.07, 6.45) is 5.47. The number of aromatic nitrogens is 2. The highest BCUT2D eigenvalue weighted by molar-refractivity contribution is 9.10. The van der Waals surface area contributed by atoms with E-state index in [9.17, 15) is 0 Å². The second kappa shape index (κ2) is 4.42. The van der Waals surface area contributed by atoms with Crippen molar-refractivity contribution in [3.8, 4) is 0 Å². The van der Waals surface area contributed by atoms with Gasteiger partial charge in [-0.25, -0.2) is 4.68 Å². The lowest BCUT2D eigenvalue weighted by molar-refractivity contribution is -0.0366. The molecular formula is C13H15BrN2O. The highest BCUT2D eigenvalue weighted by Gasteiger charge is 2.19. The Kier molecular flexibility index (Phi) is 2.92. The summed E-state index contributed by atoms with van der Waals surface area (Å²) in [7, 11) is 0. The van der Waals surface area contributed by atoms with E-state index in [2.05, 4.69) is 40.1 Å². The van der Waals surface area contributed by atoms with E-state index in [-0.39, 0.29) is 6.23 Å². The summed E-state index contributed by atoms with van der Waals surface area (Å²) in [5, 5.41) is 5.65. The van der Waals surface area contributed by atoms with Gasteiger partial charge < -0.3 is 4.74 Å². The van der Waals surface area contributed by atoms with E-state index >= 15 is 0 Å². The number of fused-ring (bicyclic) bond motifs is 1. The van der Waals surface area contributed by atoms with Gasteiger partial charge in [-0.15, -0.1) is 0 Å². The molecule has 1 atom stereocenters. The van der Waals surface area contributed by atoms with Crippen LogP contribution >= 0.6 is 15.9 Å². The molecule has 90 valence electrons. The largest absolute Gasteiger partial charge is 0.356 e. The number of hydrogen-bond donors (Lipinski definition) is 0. The van der Waals surface area contributed by atoms with Gasteiger partial charge in [-0.2, -0.15) is 5.10 Å². The lowest BCUT2D eigenvalue weighted by Crippen LogP contribution is -2.18. The van der Waals surface area contributed by atoms with Gasteiger partial charge in [0.1, 0.15) is 0 Å². The molecule has 1 fully saturated rings. The molecule has 1 aromatic heterocycles. The van der Waals surface area contributed by atoms with E-state index in [0.29, 0.717) is 0 Å². The Labute approximate surface area is 109 Å². The fraction of sp³-hybridized carbons (Fsp3) is 0.462. The van der Waals surface area contributed by atoms with Gasteiger partial charge >= 0.3 is 0 Å². The van der Waals surface area contributed by atoms with Gasteiger partial charge in [0, 0.05) is 16.5 Å². The lowest BCUT2D eigenvalue weighted by Gasteiger charge is -2.23. The Morgan fingerprint density at radius 3 is 3.06 bits per heavy atom. The highest BCUT2D eigenvalue weighted by atomic mass is 79.9. The molecule has 2 heterocycles. The lowest BCUT2D eigenvalue weighted by atomic mass is 10.1. The molecule has 0 amide bonds. The van der Waals surface area contributed by atoms with Gasteiger partial charge in [-0.3, -0.25) is 0 Å². The molecule has 1 saturated heterocycles. The van der Waals surface area contributed by atoms with E-state index in [1.165, 1.54) is 23.8 Å². The number of halogens is 1. The second-order valence-electron chi connectivity index (χ2n) is 4.54. The monoisotopic (exact) mass is 294 g/mol. The SMILES string of the molecule is Cc1ccc2c(cnn2C2CCCCO2)c1Br. The fourth-order valence-corrected chi connectivity index (χ4v) is 2.78. The van der Waals surface area contributed by atoms with Crippen LogP contribution < -0.4 is 0 Å². The van der Waals surface area contributed by atoms with E-state index in [1.54, 1.807) is 0 Å². The average Bonchev–Trinajstić information content (AvgIpc) is 2.79. The molecule has 4 heteroatoms. The first-order valence-electron chi connectivity index (χ1n) is 6.01. The van der Waals surface area contributed by atoms with Crippen LogP contribution in [0.1, 0.15) is 31.1 Å². The van der Waals surface area contributed by atoms with Crippen molar-refractivity contribution in [2.24, 2.45) is 0 Å². The van der Waals surface area contributed by atoms with Gasteiger partial charge in [0.25, 0.3) is 0 Å². The molecule has 0 radical (unpaired) electrons. The molecule has 0 saturated carbocycles. The van der Waals surface area contributed by atoms with Crippen LogP contribution in [0.3, 0.4) is 0 Å². The zero-order chi connectivity index (χ0) is 11.8. The predicted molar refractivity (Wildman–Crippen MR) is 71.0 cm³/mol. The Morgan fingerprint density at radius 1 is 1.41 bits per heavy atom. The molecular weight excluding hydrogens is 280 g/mol. The summed E-state index contributed by atoms with van der Waals surface area (Å²) >= 11 is 3.62. The topological polar surface area (TPSA) is 27.1 Å². The maximum absolute atomic E-state index is 5.79. The molecule has 1 aliphatic rings. The van der Waals surface area contributed by atoms with Crippen molar-refractivity contribution >= 4 is 26.8 Å². The first-order valence-corrected chi connectivity index (χ1v) is 6.80. The van der Waals surface area contributed by atoms with E-state index < -0.39 is 0 Å². The van der Waals surface area contributed by atoms with Crippen LogP contribution in [0.15, 0.2) is 22.8 Å². The molecule has 0 bridgehead atoms. The van der Waals surface area contributed by atoms with Gasteiger partial charge in [-0.1, -0.05) is 6.07 Å². The third-order valence-electron chi connectivity index (χ3n) is 3.34. The fourth-order valence-electron chi connectivity index (χ4n) is 2.34. The molecule has 0 aliphatic carbocycles. The molecule has 17 heavy (non-hydrogen) atoms. The minimum atomic E-state index is 0.107. The van der Waals surface area contributed by atoms with Crippen LogP contribution in [0.5, 0.6) is 0 Å². The summed E-state index contributed by atoms with van der Waals surface area (Å²) in [6, 6.07) is 4.24. The first kappa shape index (κ1) is 11.2. The van der Waals surface area contributed by atoms with Crippen molar-refractivity contribution in [1.29, 1.82) is 0 Å². The number of benzene rings is 1. The van der Waals surface area contributed by atoms with Crippen LogP contribution in [-0.2, 0) is 4.74 Å². The van der Waals surface area contributed by atoms with Crippen molar-refractivity contribution in [1.82, 2.24) is 9.78 Å². The first-order chi connectivity index (χ1) is 8.27. The second-order valence-corrected chi connectivity index (χ2v) is 5.33. The summed E-state index contributed by atoms with van der Waals surface area (Å²) in [4.78, 5) is 0. The Balaban J connectivity index is 2.08. The van der Waals surface area contributed by atoms with E-state index in [0.717, 1.165) is 23.0 Å². The van der Waals surface area contributed by atoms with Crippen molar-refractivity contribution in [2.75, 3.05) is 6.61 Å². The quantitative estimate of drug-likeness (QED) is 0.800. The van der Waals surface area contributed by atoms with E-state index in [4.69, 9.17) is 4.74 Å². The van der Waals surface area contributed by atoms with Gasteiger partial charge in [0.05, 0.1) is 11.7 Å². The van der Waals surface area contributed by atoms with Crippen molar-refractivity contribution in [3.63, 3.8) is 0 Å². The number of rotatable bonds is 1. The molecule has 1 unspecified atom stereocenters. The zero-order valence-corrected chi connectivity index (χ0v) is 11.4. The summed E-state index contributed by atoms with van der Waals surface area (Å²) in [5.74, 6) is 0. The van der Waals surface area contributed by atoms with Crippen LogP contribution in [0.25, 0.3) is 10.9 Å². The zero-order valence-electron chi connectivity index (χ0n) is 9.82. The molecule has 0 N–H and O–H groups in total. The van der Waals surface area contributed by atoms with Crippen molar-refractivity contribution < 1.29 is 4.74 Å².